The van der Waals surface area contributed by atoms with Crippen molar-refractivity contribution in [3.8, 4) is 11.5 Å². The maximum absolute atomic E-state index is 12.2. The van der Waals surface area contributed by atoms with Crippen LogP contribution in [-0.4, -0.2) is 59.0 Å². The summed E-state index contributed by atoms with van der Waals surface area (Å²) in [5, 5.41) is 19.3. The smallest absolute Gasteiger partial charge is 0.261 e. The minimum atomic E-state index is -0.576. The second-order valence-electron chi connectivity index (χ2n) is 4.28. The first kappa shape index (κ1) is 14.8. The van der Waals surface area contributed by atoms with Gasteiger partial charge < -0.3 is 20.0 Å². The van der Waals surface area contributed by atoms with Gasteiger partial charge in [0.2, 0.25) is 5.91 Å². The number of hydrogen-bond donors (Lipinski definition) is 2. The van der Waals surface area contributed by atoms with Crippen LogP contribution in [0.3, 0.4) is 0 Å². The largest absolute Gasteiger partial charge is 0.507 e. The molecule has 0 aromatic heterocycles. The van der Waals surface area contributed by atoms with Gasteiger partial charge in [-0.25, -0.2) is 0 Å². The van der Waals surface area contributed by atoms with E-state index in [1.807, 2.05) is 0 Å². The zero-order chi connectivity index (χ0) is 14.6. The number of amides is 2. The molecule has 0 aliphatic carbocycles. The van der Waals surface area contributed by atoms with Gasteiger partial charge in [0.25, 0.3) is 5.91 Å². The lowest BCUT2D eigenvalue weighted by molar-refractivity contribution is -0.129. The van der Waals surface area contributed by atoms with Gasteiger partial charge in [-0.1, -0.05) is 6.07 Å². The van der Waals surface area contributed by atoms with Crippen LogP contribution in [0.15, 0.2) is 18.2 Å². The van der Waals surface area contributed by atoms with Crippen molar-refractivity contribution in [2.24, 2.45) is 0 Å². The summed E-state index contributed by atoms with van der Waals surface area (Å²) >= 11 is 0. The van der Waals surface area contributed by atoms with Gasteiger partial charge in [0.1, 0.15) is 17.1 Å². The first-order valence-corrected chi connectivity index (χ1v) is 5.88. The van der Waals surface area contributed by atoms with Gasteiger partial charge in [0.15, 0.2) is 0 Å². The summed E-state index contributed by atoms with van der Waals surface area (Å²) in [6.07, 6.45) is 0. The Hall–Kier alpha value is -2.24. The molecule has 2 amide bonds. The molecular formula is C13H18N2O4. The number of nitrogens with zero attached hydrogens (tertiary/aromatic N) is 2. The van der Waals surface area contributed by atoms with E-state index in [1.54, 1.807) is 21.0 Å². The van der Waals surface area contributed by atoms with Crippen LogP contribution in [0.25, 0.3) is 0 Å². The molecule has 0 atom stereocenters. The summed E-state index contributed by atoms with van der Waals surface area (Å²) in [5.74, 6) is -1.42. The molecule has 6 nitrogen and oxygen atoms in total. The van der Waals surface area contributed by atoms with E-state index in [9.17, 15) is 19.8 Å². The lowest BCUT2D eigenvalue weighted by Crippen LogP contribution is -2.40. The van der Waals surface area contributed by atoms with Crippen LogP contribution in [0.2, 0.25) is 0 Å². The summed E-state index contributed by atoms with van der Waals surface area (Å²) in [4.78, 5) is 26.5. The van der Waals surface area contributed by atoms with Gasteiger partial charge in [-0.2, -0.15) is 0 Å². The molecule has 0 saturated carbocycles. The highest BCUT2D eigenvalue weighted by Gasteiger charge is 2.23. The van der Waals surface area contributed by atoms with E-state index in [0.29, 0.717) is 6.54 Å². The van der Waals surface area contributed by atoms with Crippen molar-refractivity contribution < 1.29 is 19.8 Å². The minimum Gasteiger partial charge on any atom is -0.507 e. The number of carbonyl (C=O) groups excluding carboxylic acids is 2. The van der Waals surface area contributed by atoms with Gasteiger partial charge in [0.05, 0.1) is 6.54 Å². The van der Waals surface area contributed by atoms with Gasteiger partial charge in [0, 0.05) is 20.6 Å². The highest BCUT2D eigenvalue weighted by Crippen LogP contribution is 2.27. The number of phenolic OH excluding ortho intramolecular Hbond substituents is 2. The van der Waals surface area contributed by atoms with Crippen molar-refractivity contribution in [3.05, 3.63) is 23.8 Å². The number of likely N-dealkylation sites (N-methyl/N-ethyl adjacent to an activating group) is 2. The molecule has 1 aromatic carbocycles. The third kappa shape index (κ3) is 3.37. The van der Waals surface area contributed by atoms with Crippen molar-refractivity contribution in [1.82, 2.24) is 9.80 Å². The monoisotopic (exact) mass is 266 g/mol. The summed E-state index contributed by atoms with van der Waals surface area (Å²) in [5.41, 5.74) is -0.184. The second kappa shape index (κ2) is 6.08. The molecule has 0 heterocycles. The molecular weight excluding hydrogens is 248 g/mol. The zero-order valence-corrected chi connectivity index (χ0v) is 11.3. The second-order valence-corrected chi connectivity index (χ2v) is 4.28. The van der Waals surface area contributed by atoms with E-state index in [2.05, 4.69) is 0 Å². The zero-order valence-electron chi connectivity index (χ0n) is 11.3. The van der Waals surface area contributed by atoms with Gasteiger partial charge in [-0.05, 0) is 19.1 Å². The fourth-order valence-corrected chi connectivity index (χ4v) is 1.54. The molecule has 104 valence electrons. The summed E-state index contributed by atoms with van der Waals surface area (Å²) < 4.78 is 0. The van der Waals surface area contributed by atoms with Crippen molar-refractivity contribution in [2.75, 3.05) is 27.2 Å². The Balaban J connectivity index is 2.99. The van der Waals surface area contributed by atoms with E-state index < -0.39 is 5.91 Å². The van der Waals surface area contributed by atoms with E-state index in [0.717, 1.165) is 0 Å². The van der Waals surface area contributed by atoms with Gasteiger partial charge in [-0.3, -0.25) is 9.59 Å². The highest BCUT2D eigenvalue weighted by molar-refractivity contribution is 6.01. The molecule has 0 radical (unpaired) electrons. The molecule has 0 aliphatic rings. The fourth-order valence-electron chi connectivity index (χ4n) is 1.54. The van der Waals surface area contributed by atoms with Crippen LogP contribution >= 0.6 is 0 Å². The number of hydrogen-bond acceptors (Lipinski definition) is 4. The summed E-state index contributed by atoms with van der Waals surface area (Å²) in [6, 6.07) is 4.06. The molecule has 0 saturated heterocycles. The SMILES string of the molecule is CCN(CC(=O)N(C)C)C(=O)c1c(O)cccc1O. The van der Waals surface area contributed by atoms with Crippen LogP contribution in [0.5, 0.6) is 11.5 Å². The Morgan fingerprint density at radius 3 is 2.11 bits per heavy atom. The summed E-state index contributed by atoms with van der Waals surface area (Å²) in [6.45, 7) is 1.92. The van der Waals surface area contributed by atoms with Crippen LogP contribution in [0.4, 0.5) is 0 Å². The van der Waals surface area contributed by atoms with E-state index in [4.69, 9.17) is 0 Å². The average Bonchev–Trinajstić information content (AvgIpc) is 2.34. The van der Waals surface area contributed by atoms with Crippen LogP contribution in [-0.2, 0) is 4.79 Å². The minimum absolute atomic E-state index is 0.101. The Morgan fingerprint density at radius 2 is 1.68 bits per heavy atom. The number of rotatable bonds is 4. The van der Waals surface area contributed by atoms with Crippen LogP contribution in [0, 0.1) is 0 Å². The third-order valence-corrected chi connectivity index (χ3v) is 2.73. The molecule has 1 rings (SSSR count). The number of aromatic hydroxyl groups is 2. The Bertz CT molecular complexity index is 465. The third-order valence-electron chi connectivity index (χ3n) is 2.73. The molecule has 0 fully saturated rings. The van der Waals surface area contributed by atoms with Crippen molar-refractivity contribution >= 4 is 11.8 Å². The molecule has 19 heavy (non-hydrogen) atoms. The number of carbonyl (C=O) groups is 2. The lowest BCUT2D eigenvalue weighted by atomic mass is 10.1. The molecule has 0 bridgehead atoms. The Labute approximate surface area is 111 Å². The topological polar surface area (TPSA) is 81.1 Å². The van der Waals surface area contributed by atoms with Crippen LogP contribution in [0.1, 0.15) is 17.3 Å². The van der Waals surface area contributed by atoms with Gasteiger partial charge in [-0.15, -0.1) is 0 Å². The molecule has 0 unspecified atom stereocenters. The number of benzene rings is 1. The predicted octanol–water partition coefficient (Wildman–Crippen LogP) is 0.648. The molecule has 1 aromatic rings. The van der Waals surface area contributed by atoms with Crippen LogP contribution < -0.4 is 0 Å². The standard InChI is InChI=1S/C13H18N2O4/c1-4-15(8-11(18)14(2)3)13(19)12-9(16)6-5-7-10(12)17/h5-7,16-17H,4,8H2,1-3H3. The Morgan fingerprint density at radius 1 is 1.16 bits per heavy atom. The van der Waals surface area contributed by atoms with E-state index in [1.165, 1.54) is 28.0 Å². The first-order chi connectivity index (χ1) is 8.88. The van der Waals surface area contributed by atoms with Crippen molar-refractivity contribution in [2.45, 2.75) is 6.92 Å². The maximum atomic E-state index is 12.2. The van der Waals surface area contributed by atoms with E-state index in [-0.39, 0.29) is 29.5 Å². The lowest BCUT2D eigenvalue weighted by Gasteiger charge is -2.23. The molecule has 0 spiro atoms. The van der Waals surface area contributed by atoms with Crippen molar-refractivity contribution in [1.29, 1.82) is 0 Å². The average molecular weight is 266 g/mol. The summed E-state index contributed by atoms with van der Waals surface area (Å²) in [7, 11) is 3.19. The molecule has 6 heteroatoms. The molecule has 2 N–H and O–H groups in total. The maximum Gasteiger partial charge on any atom is 0.261 e. The highest BCUT2D eigenvalue weighted by atomic mass is 16.3. The number of phenols is 2. The Kier molecular flexibility index (Phi) is 4.74. The van der Waals surface area contributed by atoms with Gasteiger partial charge >= 0.3 is 0 Å². The fraction of sp³-hybridized carbons (Fsp3) is 0.385. The van der Waals surface area contributed by atoms with E-state index >= 15 is 0 Å². The normalized spacial score (nSPS) is 10.1. The molecule has 0 aliphatic heterocycles. The quantitative estimate of drug-likeness (QED) is 0.838. The predicted molar refractivity (Wildman–Crippen MR) is 70.0 cm³/mol. The van der Waals surface area contributed by atoms with Crippen molar-refractivity contribution in [3.63, 3.8) is 0 Å². The first-order valence-electron chi connectivity index (χ1n) is 5.88.